The van der Waals surface area contributed by atoms with Crippen molar-refractivity contribution in [1.29, 1.82) is 0 Å². The molecule has 0 bridgehead atoms. The van der Waals surface area contributed by atoms with Crippen molar-refractivity contribution in [2.24, 2.45) is 0 Å². The third-order valence-corrected chi connectivity index (χ3v) is 4.46. The first-order chi connectivity index (χ1) is 12.7. The molecule has 136 valence electrons. The number of ether oxygens (including phenoxy) is 1. The normalized spacial score (nSPS) is 16.7. The number of nitrogens with one attached hydrogen (secondary N) is 1. The number of fused-ring (bicyclic) bond motifs is 1. The van der Waals surface area contributed by atoms with Crippen LogP contribution in [-0.2, 0) is 4.74 Å². The van der Waals surface area contributed by atoms with Gasteiger partial charge in [-0.05, 0) is 19.1 Å². The number of hydrogen-bond donors (Lipinski definition) is 1. The highest BCUT2D eigenvalue weighted by Gasteiger charge is 2.24. The molecule has 1 N–H and O–H groups in total. The quantitative estimate of drug-likeness (QED) is 0.745. The van der Waals surface area contributed by atoms with Gasteiger partial charge in [0.1, 0.15) is 5.82 Å². The summed E-state index contributed by atoms with van der Waals surface area (Å²) >= 11 is 0. The first kappa shape index (κ1) is 16.9. The number of pyridine rings is 1. The zero-order valence-corrected chi connectivity index (χ0v) is 15.0. The number of hydrogen-bond acceptors (Lipinski definition) is 8. The molecule has 0 unspecified atom stereocenters. The van der Waals surface area contributed by atoms with E-state index in [1.54, 1.807) is 0 Å². The minimum absolute atomic E-state index is 0.124. The smallest absolute Gasteiger partial charge is 0.252 e. The second kappa shape index (κ2) is 7.35. The van der Waals surface area contributed by atoms with E-state index in [-0.39, 0.29) is 6.04 Å². The van der Waals surface area contributed by atoms with E-state index in [9.17, 15) is 0 Å². The summed E-state index contributed by atoms with van der Waals surface area (Å²) in [5, 5.41) is 3.44. The van der Waals surface area contributed by atoms with Crippen LogP contribution in [0.4, 0.5) is 5.82 Å². The maximum Gasteiger partial charge on any atom is 0.252 e. The fourth-order valence-electron chi connectivity index (χ4n) is 3.23. The predicted molar refractivity (Wildman–Crippen MR) is 96.9 cm³/mol. The van der Waals surface area contributed by atoms with Crippen LogP contribution in [-0.4, -0.2) is 57.7 Å². The van der Waals surface area contributed by atoms with Gasteiger partial charge in [0, 0.05) is 32.8 Å². The third kappa shape index (κ3) is 3.51. The van der Waals surface area contributed by atoms with Gasteiger partial charge in [-0.1, -0.05) is 6.07 Å². The van der Waals surface area contributed by atoms with Crippen LogP contribution in [0.1, 0.15) is 23.5 Å². The van der Waals surface area contributed by atoms with Crippen LogP contribution in [0.15, 0.2) is 28.8 Å². The molecule has 0 aliphatic carbocycles. The fourth-order valence-corrected chi connectivity index (χ4v) is 3.23. The van der Waals surface area contributed by atoms with Crippen molar-refractivity contribution in [1.82, 2.24) is 24.8 Å². The standard InChI is InChI=1S/C18H22N6O2/c1-12-21-17(16-18(22-12)26-13(2)23-16)20-11-15(14-5-3-4-6-19-14)24-7-9-25-10-8-24/h3-6,15H,7-11H2,1-2H3,(H,20,21,22)/t15-/m0/s1. The van der Waals surface area contributed by atoms with E-state index in [1.165, 1.54) is 0 Å². The summed E-state index contributed by atoms with van der Waals surface area (Å²) in [6.45, 7) is 7.56. The van der Waals surface area contributed by atoms with Gasteiger partial charge in [0.2, 0.25) is 0 Å². The van der Waals surface area contributed by atoms with Crippen molar-refractivity contribution in [2.75, 3.05) is 38.2 Å². The van der Waals surface area contributed by atoms with Crippen LogP contribution in [0.25, 0.3) is 11.2 Å². The first-order valence-corrected chi connectivity index (χ1v) is 8.79. The molecule has 0 saturated carbocycles. The van der Waals surface area contributed by atoms with Gasteiger partial charge in [-0.2, -0.15) is 4.98 Å². The highest BCUT2D eigenvalue weighted by molar-refractivity contribution is 5.81. The lowest BCUT2D eigenvalue weighted by Gasteiger charge is -2.34. The Labute approximate surface area is 151 Å². The lowest BCUT2D eigenvalue weighted by atomic mass is 10.1. The number of aryl methyl sites for hydroxylation is 2. The Kier molecular flexibility index (Phi) is 4.77. The maximum absolute atomic E-state index is 5.56. The number of morpholine rings is 1. The van der Waals surface area contributed by atoms with Gasteiger partial charge in [-0.25, -0.2) is 9.97 Å². The second-order valence-electron chi connectivity index (χ2n) is 6.31. The third-order valence-electron chi connectivity index (χ3n) is 4.46. The number of aromatic nitrogens is 4. The predicted octanol–water partition coefficient (Wildman–Crippen LogP) is 2.12. The Morgan fingerprint density at radius 1 is 1.15 bits per heavy atom. The van der Waals surface area contributed by atoms with Crippen molar-refractivity contribution < 1.29 is 9.15 Å². The Morgan fingerprint density at radius 3 is 2.77 bits per heavy atom. The maximum atomic E-state index is 5.56. The minimum Gasteiger partial charge on any atom is -0.422 e. The molecule has 4 rings (SSSR count). The molecule has 0 radical (unpaired) electrons. The van der Waals surface area contributed by atoms with Crippen LogP contribution in [0, 0.1) is 13.8 Å². The Bertz CT molecular complexity index is 876. The molecule has 3 aromatic rings. The molecular formula is C18H22N6O2. The lowest BCUT2D eigenvalue weighted by molar-refractivity contribution is 0.0179. The largest absolute Gasteiger partial charge is 0.422 e. The highest BCUT2D eigenvalue weighted by atomic mass is 16.5. The monoisotopic (exact) mass is 354 g/mol. The molecule has 1 aliphatic heterocycles. The van der Waals surface area contributed by atoms with Crippen molar-refractivity contribution in [3.8, 4) is 0 Å². The van der Waals surface area contributed by atoms with Gasteiger partial charge in [0.15, 0.2) is 17.2 Å². The molecule has 8 heteroatoms. The summed E-state index contributed by atoms with van der Waals surface area (Å²) in [6, 6.07) is 6.13. The Morgan fingerprint density at radius 2 is 2.00 bits per heavy atom. The van der Waals surface area contributed by atoms with Crippen molar-refractivity contribution >= 4 is 17.0 Å². The van der Waals surface area contributed by atoms with E-state index in [0.717, 1.165) is 32.0 Å². The summed E-state index contributed by atoms with van der Waals surface area (Å²) in [5.74, 6) is 1.92. The second-order valence-corrected chi connectivity index (χ2v) is 6.31. The summed E-state index contributed by atoms with van der Waals surface area (Å²) < 4.78 is 11.1. The molecule has 3 aromatic heterocycles. The van der Waals surface area contributed by atoms with Gasteiger partial charge < -0.3 is 14.5 Å². The molecule has 0 amide bonds. The molecular weight excluding hydrogens is 332 g/mol. The number of oxazole rings is 1. The lowest BCUT2D eigenvalue weighted by Crippen LogP contribution is -2.42. The van der Waals surface area contributed by atoms with Crippen LogP contribution in [0.5, 0.6) is 0 Å². The fraction of sp³-hybridized carbons (Fsp3) is 0.444. The SMILES string of the molecule is Cc1nc(NC[C@@H](c2ccccn2)N2CCOCC2)c2nc(C)oc2n1. The average Bonchev–Trinajstić information content (AvgIpc) is 3.03. The van der Waals surface area contributed by atoms with Gasteiger partial charge in [0.05, 0.1) is 24.9 Å². The first-order valence-electron chi connectivity index (χ1n) is 8.79. The molecule has 0 aromatic carbocycles. The number of anilines is 1. The number of rotatable bonds is 5. The molecule has 8 nitrogen and oxygen atoms in total. The van der Waals surface area contributed by atoms with Gasteiger partial charge >= 0.3 is 0 Å². The molecule has 1 fully saturated rings. The summed E-state index contributed by atoms with van der Waals surface area (Å²) in [7, 11) is 0. The van der Waals surface area contributed by atoms with Crippen LogP contribution < -0.4 is 5.32 Å². The van der Waals surface area contributed by atoms with E-state index in [2.05, 4.69) is 36.2 Å². The molecule has 26 heavy (non-hydrogen) atoms. The van der Waals surface area contributed by atoms with Crippen molar-refractivity contribution in [3.63, 3.8) is 0 Å². The molecule has 1 saturated heterocycles. The molecule has 1 aliphatic rings. The van der Waals surface area contributed by atoms with E-state index >= 15 is 0 Å². The minimum atomic E-state index is 0.124. The zero-order chi connectivity index (χ0) is 17.9. The van der Waals surface area contributed by atoms with Gasteiger partial charge in [-0.3, -0.25) is 9.88 Å². The van der Waals surface area contributed by atoms with Crippen LogP contribution >= 0.6 is 0 Å². The molecule has 1 atom stereocenters. The van der Waals surface area contributed by atoms with Crippen molar-refractivity contribution in [3.05, 3.63) is 41.8 Å². The van der Waals surface area contributed by atoms with Crippen molar-refractivity contribution in [2.45, 2.75) is 19.9 Å². The highest BCUT2D eigenvalue weighted by Crippen LogP contribution is 2.24. The summed E-state index contributed by atoms with van der Waals surface area (Å²) in [5.41, 5.74) is 2.20. The van der Waals surface area contributed by atoms with Crippen LogP contribution in [0.3, 0.4) is 0 Å². The Balaban J connectivity index is 1.60. The topological polar surface area (TPSA) is 89.2 Å². The molecule has 0 spiro atoms. The van der Waals surface area contributed by atoms with E-state index in [1.807, 2.05) is 32.2 Å². The summed E-state index contributed by atoms with van der Waals surface area (Å²) in [6.07, 6.45) is 1.83. The average molecular weight is 354 g/mol. The number of nitrogens with zero attached hydrogens (tertiary/aromatic N) is 5. The van der Waals surface area contributed by atoms with E-state index < -0.39 is 0 Å². The zero-order valence-electron chi connectivity index (χ0n) is 15.0. The van der Waals surface area contributed by atoms with Gasteiger partial charge in [0.25, 0.3) is 5.71 Å². The van der Waals surface area contributed by atoms with Gasteiger partial charge in [-0.15, -0.1) is 0 Å². The Hall–Kier alpha value is -2.58. The van der Waals surface area contributed by atoms with Crippen LogP contribution in [0.2, 0.25) is 0 Å². The molecule has 4 heterocycles. The summed E-state index contributed by atoms with van der Waals surface area (Å²) in [4.78, 5) is 20.2. The van der Waals surface area contributed by atoms with E-state index in [0.29, 0.717) is 35.3 Å². The van der Waals surface area contributed by atoms with E-state index in [4.69, 9.17) is 9.15 Å².